The summed E-state index contributed by atoms with van der Waals surface area (Å²) < 4.78 is 0. The molecule has 8 heteroatoms. The van der Waals surface area contributed by atoms with Crippen molar-refractivity contribution in [2.75, 3.05) is 16.8 Å². The van der Waals surface area contributed by atoms with E-state index in [1.165, 1.54) is 25.7 Å². The highest BCUT2D eigenvalue weighted by Crippen LogP contribution is 2.57. The highest BCUT2D eigenvalue weighted by molar-refractivity contribution is 5.97. The molecule has 0 spiro atoms. The first-order valence-corrected chi connectivity index (χ1v) is 7.33. The molecule has 8 nitrogen and oxygen atoms in total. The van der Waals surface area contributed by atoms with E-state index in [2.05, 4.69) is 20.3 Å². The maximum Gasteiger partial charge on any atom is 0.222 e. The molecular formula is C13H20N8. The Balaban J connectivity index is 1.88. The molecular weight excluding hydrogens is 268 g/mol. The van der Waals surface area contributed by atoms with Crippen molar-refractivity contribution in [3.63, 3.8) is 0 Å². The lowest BCUT2D eigenvalue weighted by molar-refractivity contribution is 0.214. The van der Waals surface area contributed by atoms with Crippen LogP contribution in [0.3, 0.4) is 0 Å². The van der Waals surface area contributed by atoms with Gasteiger partial charge in [0, 0.05) is 5.92 Å². The molecule has 1 atom stereocenters. The van der Waals surface area contributed by atoms with E-state index in [4.69, 9.17) is 22.9 Å². The summed E-state index contributed by atoms with van der Waals surface area (Å²) in [5, 5.41) is 2.93. The van der Waals surface area contributed by atoms with Crippen LogP contribution >= 0.6 is 0 Å². The summed E-state index contributed by atoms with van der Waals surface area (Å²) in [6, 6.07) is 0. The Morgan fingerprint density at radius 2 is 1.67 bits per heavy atom. The number of aromatic nitrogens is 2. The SMILES string of the molecule is NC1=NC(N)(C(C2CC2)C2CC2)c2nc(N)nc(N)c2N1. The Kier molecular flexibility index (Phi) is 2.39. The summed E-state index contributed by atoms with van der Waals surface area (Å²) in [6.07, 6.45) is 4.76. The second-order valence-corrected chi connectivity index (χ2v) is 6.34. The van der Waals surface area contributed by atoms with Crippen LogP contribution in [0.5, 0.6) is 0 Å². The number of nitrogens with two attached hydrogens (primary N) is 4. The molecule has 9 N–H and O–H groups in total. The summed E-state index contributed by atoms with van der Waals surface area (Å²) in [5.41, 5.74) is 24.5. The first-order chi connectivity index (χ1) is 9.99. The van der Waals surface area contributed by atoms with Crippen LogP contribution in [0.1, 0.15) is 31.4 Å². The maximum absolute atomic E-state index is 6.72. The predicted octanol–water partition coefficient (Wildman–Crippen LogP) is -0.0711. The minimum atomic E-state index is -0.960. The first kappa shape index (κ1) is 12.6. The van der Waals surface area contributed by atoms with E-state index in [0.717, 1.165) is 0 Å². The standard InChI is InChI=1S/C13H20N8/c14-10-8-9(19-11(15)20-10)13(17,21-12(16)18-8)7(5-1-2-5)6-3-4-6/h5-7H,1-4,17H2,(H3,16,18,21)(H4,14,15,19,20). The minimum absolute atomic E-state index is 0.115. The second-order valence-electron chi connectivity index (χ2n) is 6.34. The van der Waals surface area contributed by atoms with Gasteiger partial charge < -0.3 is 28.3 Å². The quantitative estimate of drug-likeness (QED) is 0.521. The fourth-order valence-electron chi connectivity index (χ4n) is 3.56. The Bertz CT molecular complexity index is 621. The molecule has 0 bridgehead atoms. The number of hydrogen-bond acceptors (Lipinski definition) is 8. The molecule has 0 saturated heterocycles. The van der Waals surface area contributed by atoms with Crippen LogP contribution in [0.2, 0.25) is 0 Å². The van der Waals surface area contributed by atoms with Gasteiger partial charge in [-0.05, 0) is 37.5 Å². The van der Waals surface area contributed by atoms with Gasteiger partial charge in [-0.2, -0.15) is 4.98 Å². The van der Waals surface area contributed by atoms with E-state index in [1.807, 2.05) is 0 Å². The molecule has 0 amide bonds. The fraction of sp³-hybridized carbons (Fsp3) is 0.615. The molecule has 2 saturated carbocycles. The summed E-state index contributed by atoms with van der Waals surface area (Å²) in [6.45, 7) is 0. The maximum atomic E-state index is 6.72. The number of anilines is 3. The number of guanidine groups is 1. The van der Waals surface area contributed by atoms with Crippen molar-refractivity contribution in [3.8, 4) is 0 Å². The third-order valence-electron chi connectivity index (χ3n) is 4.66. The van der Waals surface area contributed by atoms with E-state index in [-0.39, 0.29) is 23.6 Å². The van der Waals surface area contributed by atoms with Gasteiger partial charge >= 0.3 is 0 Å². The van der Waals surface area contributed by atoms with Crippen molar-refractivity contribution in [1.82, 2.24) is 9.97 Å². The molecule has 2 aliphatic carbocycles. The molecule has 0 aromatic carbocycles. The Labute approximate surface area is 122 Å². The van der Waals surface area contributed by atoms with Gasteiger partial charge in [0.05, 0.1) is 0 Å². The molecule has 1 aromatic rings. The lowest BCUT2D eigenvalue weighted by atomic mass is 9.81. The van der Waals surface area contributed by atoms with E-state index in [1.54, 1.807) is 0 Å². The highest BCUT2D eigenvalue weighted by Gasteiger charge is 2.55. The van der Waals surface area contributed by atoms with Gasteiger partial charge in [-0.25, -0.2) is 9.98 Å². The van der Waals surface area contributed by atoms with Crippen LogP contribution in [0.4, 0.5) is 17.5 Å². The van der Waals surface area contributed by atoms with Crippen molar-refractivity contribution in [3.05, 3.63) is 5.69 Å². The monoisotopic (exact) mass is 288 g/mol. The highest BCUT2D eigenvalue weighted by atomic mass is 15.3. The molecule has 1 aromatic heterocycles. The molecule has 21 heavy (non-hydrogen) atoms. The van der Waals surface area contributed by atoms with Gasteiger partial charge in [-0.15, -0.1) is 0 Å². The van der Waals surface area contributed by atoms with E-state index < -0.39 is 5.66 Å². The van der Waals surface area contributed by atoms with Crippen LogP contribution in [0.25, 0.3) is 0 Å². The van der Waals surface area contributed by atoms with Crippen LogP contribution in [-0.4, -0.2) is 15.9 Å². The van der Waals surface area contributed by atoms with Crippen LogP contribution < -0.4 is 28.3 Å². The molecule has 1 aliphatic heterocycles. The second kappa shape index (κ2) is 3.97. The molecule has 1 unspecified atom stereocenters. The van der Waals surface area contributed by atoms with E-state index in [0.29, 0.717) is 23.2 Å². The van der Waals surface area contributed by atoms with Crippen molar-refractivity contribution in [2.24, 2.45) is 34.2 Å². The van der Waals surface area contributed by atoms with Crippen molar-refractivity contribution >= 4 is 23.4 Å². The number of nitrogens with one attached hydrogen (secondary N) is 1. The normalized spacial score (nSPS) is 28.0. The topological polar surface area (TPSA) is 154 Å². The van der Waals surface area contributed by atoms with Gasteiger partial charge in [0.25, 0.3) is 0 Å². The lowest BCUT2D eigenvalue weighted by Crippen LogP contribution is -2.51. The number of rotatable bonds is 3. The van der Waals surface area contributed by atoms with E-state index in [9.17, 15) is 0 Å². The van der Waals surface area contributed by atoms with E-state index >= 15 is 0 Å². The average Bonchev–Trinajstić information content (AvgIpc) is 3.25. The van der Waals surface area contributed by atoms with Gasteiger partial charge in [0.2, 0.25) is 5.95 Å². The summed E-state index contributed by atoms with van der Waals surface area (Å²) in [5.74, 6) is 2.05. The molecule has 2 fully saturated rings. The van der Waals surface area contributed by atoms with Crippen molar-refractivity contribution in [2.45, 2.75) is 31.3 Å². The summed E-state index contributed by atoms with van der Waals surface area (Å²) in [7, 11) is 0. The summed E-state index contributed by atoms with van der Waals surface area (Å²) in [4.78, 5) is 12.8. The zero-order chi connectivity index (χ0) is 14.8. The largest absolute Gasteiger partial charge is 0.382 e. The van der Waals surface area contributed by atoms with Crippen LogP contribution in [0, 0.1) is 17.8 Å². The van der Waals surface area contributed by atoms with Gasteiger partial charge in [0.15, 0.2) is 17.4 Å². The number of aliphatic imine (C=N–C) groups is 1. The van der Waals surface area contributed by atoms with Gasteiger partial charge in [0.1, 0.15) is 11.4 Å². The zero-order valence-corrected chi connectivity index (χ0v) is 11.7. The lowest BCUT2D eigenvalue weighted by Gasteiger charge is -2.38. The van der Waals surface area contributed by atoms with Crippen molar-refractivity contribution < 1.29 is 0 Å². The summed E-state index contributed by atoms with van der Waals surface area (Å²) >= 11 is 0. The Hall–Kier alpha value is -2.09. The average molecular weight is 288 g/mol. The molecule has 112 valence electrons. The third-order valence-corrected chi connectivity index (χ3v) is 4.66. The molecule has 3 aliphatic rings. The number of hydrogen-bond donors (Lipinski definition) is 5. The van der Waals surface area contributed by atoms with Crippen LogP contribution in [0.15, 0.2) is 4.99 Å². The Morgan fingerprint density at radius 1 is 1.05 bits per heavy atom. The van der Waals surface area contributed by atoms with Gasteiger partial charge in [-0.1, -0.05) is 0 Å². The van der Waals surface area contributed by atoms with Crippen molar-refractivity contribution in [1.29, 1.82) is 0 Å². The number of fused-ring (bicyclic) bond motifs is 1. The fourth-order valence-corrected chi connectivity index (χ4v) is 3.56. The predicted molar refractivity (Wildman–Crippen MR) is 80.9 cm³/mol. The smallest absolute Gasteiger partial charge is 0.222 e. The minimum Gasteiger partial charge on any atom is -0.382 e. The molecule has 4 rings (SSSR count). The van der Waals surface area contributed by atoms with Crippen LogP contribution in [-0.2, 0) is 5.66 Å². The number of nitrogens with zero attached hydrogens (tertiary/aromatic N) is 3. The Morgan fingerprint density at radius 3 is 2.24 bits per heavy atom. The third kappa shape index (κ3) is 1.90. The molecule has 0 radical (unpaired) electrons. The van der Waals surface area contributed by atoms with Gasteiger partial charge in [-0.3, -0.25) is 0 Å². The molecule has 2 heterocycles. The first-order valence-electron chi connectivity index (χ1n) is 7.33. The number of nitrogen functional groups attached to an aromatic ring is 2. The zero-order valence-electron chi connectivity index (χ0n) is 11.7.